The molecule has 27 heavy (non-hydrogen) atoms. The van der Waals surface area contributed by atoms with Crippen molar-refractivity contribution < 1.29 is 4.79 Å². The number of aromatic amines is 1. The molecule has 2 N–H and O–H groups in total. The Morgan fingerprint density at radius 1 is 1.26 bits per heavy atom. The lowest BCUT2D eigenvalue weighted by Crippen LogP contribution is -2.53. The maximum atomic E-state index is 12.6. The molecular weight excluding hydrogens is 338 g/mol. The molecule has 0 saturated carbocycles. The Balaban J connectivity index is 1.54. The Morgan fingerprint density at radius 3 is 2.63 bits per heavy atom. The number of carbonyl (C=O) groups is 1. The minimum atomic E-state index is -0.0133. The van der Waals surface area contributed by atoms with Gasteiger partial charge in [0, 0.05) is 62.4 Å². The van der Waals surface area contributed by atoms with E-state index in [2.05, 4.69) is 53.1 Å². The van der Waals surface area contributed by atoms with E-state index in [9.17, 15) is 4.79 Å². The number of likely N-dealkylation sites (N-methyl/N-ethyl adjacent to an activating group) is 1. The SMILES string of the molecule is CC[C@@H](CNC(=O)N(C)Cc1[nH]c2ccccc2c1C)N1CCN(C)CC1. The molecule has 1 fully saturated rings. The normalized spacial score (nSPS) is 17.2. The van der Waals surface area contributed by atoms with Crippen molar-refractivity contribution in [1.82, 2.24) is 25.0 Å². The maximum absolute atomic E-state index is 12.6. The summed E-state index contributed by atoms with van der Waals surface area (Å²) in [5.74, 6) is 0. The maximum Gasteiger partial charge on any atom is 0.317 e. The molecule has 2 heterocycles. The highest BCUT2D eigenvalue weighted by Crippen LogP contribution is 2.22. The van der Waals surface area contributed by atoms with Crippen LogP contribution in [0.5, 0.6) is 0 Å². The Bertz CT molecular complexity index is 763. The summed E-state index contributed by atoms with van der Waals surface area (Å²) in [6.45, 7) is 9.96. The first kappa shape index (κ1) is 19.7. The monoisotopic (exact) mass is 371 g/mol. The third-order valence-electron chi connectivity index (χ3n) is 5.83. The van der Waals surface area contributed by atoms with E-state index in [-0.39, 0.29) is 6.03 Å². The number of fused-ring (bicyclic) bond motifs is 1. The number of urea groups is 1. The zero-order valence-electron chi connectivity index (χ0n) is 17.1. The lowest BCUT2D eigenvalue weighted by molar-refractivity contribution is 0.107. The van der Waals surface area contributed by atoms with Gasteiger partial charge in [0.1, 0.15) is 0 Å². The van der Waals surface area contributed by atoms with Gasteiger partial charge in [-0.1, -0.05) is 25.1 Å². The zero-order chi connectivity index (χ0) is 19.4. The zero-order valence-corrected chi connectivity index (χ0v) is 17.1. The second-order valence-electron chi connectivity index (χ2n) is 7.72. The molecule has 148 valence electrons. The smallest absolute Gasteiger partial charge is 0.317 e. The van der Waals surface area contributed by atoms with Crippen molar-refractivity contribution in [3.05, 3.63) is 35.5 Å². The van der Waals surface area contributed by atoms with Crippen molar-refractivity contribution in [1.29, 1.82) is 0 Å². The molecule has 1 aliphatic heterocycles. The fourth-order valence-corrected chi connectivity index (χ4v) is 3.86. The van der Waals surface area contributed by atoms with E-state index in [0.29, 0.717) is 19.1 Å². The lowest BCUT2D eigenvalue weighted by Gasteiger charge is -2.37. The highest BCUT2D eigenvalue weighted by molar-refractivity contribution is 5.84. The van der Waals surface area contributed by atoms with Gasteiger partial charge in [-0.05, 0) is 32.0 Å². The van der Waals surface area contributed by atoms with Crippen LogP contribution in [0.3, 0.4) is 0 Å². The van der Waals surface area contributed by atoms with Crippen molar-refractivity contribution >= 4 is 16.9 Å². The number of aryl methyl sites for hydroxylation is 1. The molecule has 6 nitrogen and oxygen atoms in total. The van der Waals surface area contributed by atoms with Gasteiger partial charge < -0.3 is 20.1 Å². The van der Waals surface area contributed by atoms with Crippen LogP contribution in [0.15, 0.2) is 24.3 Å². The molecule has 1 aromatic heterocycles. The van der Waals surface area contributed by atoms with Gasteiger partial charge in [0.15, 0.2) is 0 Å². The van der Waals surface area contributed by atoms with E-state index < -0.39 is 0 Å². The van der Waals surface area contributed by atoms with Gasteiger partial charge in [0.25, 0.3) is 0 Å². The summed E-state index contributed by atoms with van der Waals surface area (Å²) in [6.07, 6.45) is 1.05. The fraction of sp³-hybridized carbons (Fsp3) is 0.571. The topological polar surface area (TPSA) is 54.6 Å². The average molecular weight is 372 g/mol. The molecule has 0 aliphatic carbocycles. The number of benzene rings is 1. The Labute approximate surface area is 162 Å². The van der Waals surface area contributed by atoms with Crippen molar-refractivity contribution in [3.63, 3.8) is 0 Å². The summed E-state index contributed by atoms with van der Waals surface area (Å²) < 4.78 is 0. The molecule has 0 bridgehead atoms. The van der Waals surface area contributed by atoms with Gasteiger partial charge in [-0.25, -0.2) is 4.79 Å². The molecule has 1 aliphatic rings. The third kappa shape index (κ3) is 4.62. The number of amides is 2. The largest absolute Gasteiger partial charge is 0.357 e. The minimum absolute atomic E-state index is 0.0133. The molecule has 0 spiro atoms. The number of nitrogens with one attached hydrogen (secondary N) is 2. The van der Waals surface area contributed by atoms with Gasteiger partial charge in [0.2, 0.25) is 0 Å². The molecule has 0 radical (unpaired) electrons. The molecule has 0 unspecified atom stereocenters. The van der Waals surface area contributed by atoms with E-state index in [1.807, 2.05) is 19.2 Å². The number of aromatic nitrogens is 1. The summed E-state index contributed by atoms with van der Waals surface area (Å²) in [5, 5.41) is 4.36. The molecule has 6 heteroatoms. The van der Waals surface area contributed by atoms with Crippen molar-refractivity contribution in [3.8, 4) is 0 Å². The van der Waals surface area contributed by atoms with Gasteiger partial charge in [-0.2, -0.15) is 0 Å². The van der Waals surface area contributed by atoms with E-state index in [1.165, 1.54) is 10.9 Å². The molecule has 1 saturated heterocycles. The first-order chi connectivity index (χ1) is 13.0. The molecular formula is C21H33N5O. The number of carbonyl (C=O) groups excluding carboxylic acids is 1. The fourth-order valence-electron chi connectivity index (χ4n) is 3.86. The van der Waals surface area contributed by atoms with Crippen LogP contribution >= 0.6 is 0 Å². The number of rotatable bonds is 6. The predicted octanol–water partition coefficient (Wildman–Crippen LogP) is 2.64. The minimum Gasteiger partial charge on any atom is -0.357 e. The number of H-pyrrole nitrogens is 1. The van der Waals surface area contributed by atoms with Crippen LogP contribution in [0, 0.1) is 6.92 Å². The first-order valence-electron chi connectivity index (χ1n) is 9.97. The van der Waals surface area contributed by atoms with Crippen LogP contribution < -0.4 is 5.32 Å². The molecule has 1 aromatic carbocycles. The summed E-state index contributed by atoms with van der Waals surface area (Å²) in [5.41, 5.74) is 3.44. The number of nitrogens with zero attached hydrogens (tertiary/aromatic N) is 3. The van der Waals surface area contributed by atoms with E-state index in [0.717, 1.165) is 43.8 Å². The van der Waals surface area contributed by atoms with Gasteiger partial charge >= 0.3 is 6.03 Å². The Hall–Kier alpha value is -2.05. The van der Waals surface area contributed by atoms with Crippen molar-refractivity contribution in [2.24, 2.45) is 0 Å². The van der Waals surface area contributed by atoms with E-state index in [1.54, 1.807) is 4.90 Å². The summed E-state index contributed by atoms with van der Waals surface area (Å²) >= 11 is 0. The summed E-state index contributed by atoms with van der Waals surface area (Å²) in [6, 6.07) is 8.67. The van der Waals surface area contributed by atoms with E-state index >= 15 is 0 Å². The molecule has 3 rings (SSSR count). The van der Waals surface area contributed by atoms with Crippen molar-refractivity contribution in [2.75, 3.05) is 46.8 Å². The van der Waals surface area contributed by atoms with Crippen LogP contribution in [-0.4, -0.2) is 78.6 Å². The Kier molecular flexibility index (Phi) is 6.39. The van der Waals surface area contributed by atoms with Gasteiger partial charge in [0.05, 0.1) is 6.54 Å². The average Bonchev–Trinajstić information content (AvgIpc) is 2.99. The van der Waals surface area contributed by atoms with Crippen LogP contribution in [0.25, 0.3) is 10.9 Å². The van der Waals surface area contributed by atoms with Crippen LogP contribution in [0.2, 0.25) is 0 Å². The molecule has 2 aromatic rings. The lowest BCUT2D eigenvalue weighted by atomic mass is 10.1. The molecule has 2 amide bonds. The highest BCUT2D eigenvalue weighted by atomic mass is 16.2. The molecule has 1 atom stereocenters. The van der Waals surface area contributed by atoms with Gasteiger partial charge in [-0.3, -0.25) is 4.90 Å². The second-order valence-corrected chi connectivity index (χ2v) is 7.72. The van der Waals surface area contributed by atoms with Crippen LogP contribution in [0.4, 0.5) is 4.79 Å². The number of hydrogen-bond donors (Lipinski definition) is 2. The quantitative estimate of drug-likeness (QED) is 0.821. The highest BCUT2D eigenvalue weighted by Gasteiger charge is 2.22. The third-order valence-corrected chi connectivity index (χ3v) is 5.83. The van der Waals surface area contributed by atoms with Crippen molar-refractivity contribution in [2.45, 2.75) is 32.9 Å². The number of piperazine rings is 1. The second kappa shape index (κ2) is 8.76. The first-order valence-corrected chi connectivity index (χ1v) is 9.97. The summed E-state index contributed by atoms with van der Waals surface area (Å²) in [4.78, 5) is 22.7. The van der Waals surface area contributed by atoms with E-state index in [4.69, 9.17) is 0 Å². The summed E-state index contributed by atoms with van der Waals surface area (Å²) in [7, 11) is 4.03. The standard InChI is InChI=1S/C21H33N5O/c1-5-17(26-12-10-24(3)11-13-26)14-22-21(27)25(4)15-20-16(2)18-8-6-7-9-19(18)23-20/h6-9,17,23H,5,10-15H2,1-4H3,(H,22,27)/t17-/m0/s1. The number of hydrogen-bond acceptors (Lipinski definition) is 3. The predicted molar refractivity (Wildman–Crippen MR) is 111 cm³/mol. The Morgan fingerprint density at radius 2 is 1.96 bits per heavy atom. The van der Waals surface area contributed by atoms with Crippen LogP contribution in [0.1, 0.15) is 24.6 Å². The number of para-hydroxylation sites is 1. The van der Waals surface area contributed by atoms with Crippen LogP contribution in [-0.2, 0) is 6.54 Å². The van der Waals surface area contributed by atoms with Gasteiger partial charge in [-0.15, -0.1) is 0 Å².